The molecule has 2 aromatic carbocycles. The van der Waals surface area contributed by atoms with Crippen molar-refractivity contribution in [2.75, 3.05) is 33.3 Å². The number of carbonyl (C=O) groups excluding carboxylic acids is 1. The number of nitrogens with zero attached hydrogens (tertiary/aromatic N) is 2. The van der Waals surface area contributed by atoms with Gasteiger partial charge in [-0.05, 0) is 35.9 Å². The van der Waals surface area contributed by atoms with Crippen LogP contribution >= 0.6 is 11.6 Å². The molecular formula is C22H27ClN2O4S. The van der Waals surface area contributed by atoms with Crippen molar-refractivity contribution in [2.45, 2.75) is 18.7 Å². The second-order valence-electron chi connectivity index (χ2n) is 6.53. The van der Waals surface area contributed by atoms with E-state index in [1.165, 1.54) is 15.3 Å². The van der Waals surface area contributed by atoms with E-state index in [1.807, 2.05) is 12.1 Å². The zero-order valence-electron chi connectivity index (χ0n) is 17.4. The van der Waals surface area contributed by atoms with Gasteiger partial charge in [-0.25, -0.2) is 8.42 Å². The van der Waals surface area contributed by atoms with E-state index in [0.717, 1.165) is 5.56 Å². The van der Waals surface area contributed by atoms with E-state index in [0.29, 0.717) is 37.0 Å². The summed E-state index contributed by atoms with van der Waals surface area (Å²) in [7, 11) is -1.81. The molecule has 0 aromatic heterocycles. The maximum atomic E-state index is 12.5. The summed E-state index contributed by atoms with van der Waals surface area (Å²) < 4.78 is 32.0. The number of halogens is 1. The van der Waals surface area contributed by atoms with Crippen LogP contribution in [0.3, 0.4) is 0 Å². The Hall–Kier alpha value is -2.35. The summed E-state index contributed by atoms with van der Waals surface area (Å²) in [5.41, 5.74) is 0.738. The summed E-state index contributed by atoms with van der Waals surface area (Å²) in [6, 6.07) is 13.6. The molecular weight excluding hydrogens is 424 g/mol. The fraction of sp³-hybridized carbons (Fsp3) is 0.318. The highest BCUT2D eigenvalue weighted by Crippen LogP contribution is 2.22. The molecule has 30 heavy (non-hydrogen) atoms. The Balaban J connectivity index is 1.91. The predicted octanol–water partition coefficient (Wildman–Crippen LogP) is 3.92. The molecule has 0 aliphatic rings. The molecule has 0 atom stereocenters. The van der Waals surface area contributed by atoms with Crippen LogP contribution in [0.1, 0.15) is 19.4 Å². The molecule has 0 unspecified atom stereocenters. The molecule has 0 fully saturated rings. The molecule has 0 saturated carbocycles. The van der Waals surface area contributed by atoms with Crippen molar-refractivity contribution in [1.82, 2.24) is 9.21 Å². The van der Waals surface area contributed by atoms with Gasteiger partial charge in [0.1, 0.15) is 12.4 Å². The number of amides is 1. The minimum absolute atomic E-state index is 0.183. The third-order valence-corrected chi connectivity index (χ3v) is 6.92. The number of hydrogen-bond donors (Lipinski definition) is 0. The van der Waals surface area contributed by atoms with E-state index < -0.39 is 10.0 Å². The van der Waals surface area contributed by atoms with E-state index >= 15 is 0 Å². The van der Waals surface area contributed by atoms with Crippen LogP contribution in [0.25, 0.3) is 6.08 Å². The number of rotatable bonds is 10. The molecule has 8 heteroatoms. The Morgan fingerprint density at radius 3 is 2.30 bits per heavy atom. The molecule has 6 nitrogen and oxygen atoms in total. The molecule has 0 spiro atoms. The minimum Gasteiger partial charge on any atom is -0.490 e. The Kier molecular flexibility index (Phi) is 8.89. The van der Waals surface area contributed by atoms with Crippen LogP contribution in [0.5, 0.6) is 5.75 Å². The topological polar surface area (TPSA) is 66.9 Å². The van der Waals surface area contributed by atoms with Gasteiger partial charge in [-0.3, -0.25) is 4.79 Å². The van der Waals surface area contributed by atoms with Crippen LogP contribution in [0, 0.1) is 0 Å². The zero-order valence-corrected chi connectivity index (χ0v) is 19.0. The molecule has 0 radical (unpaired) electrons. The number of carbonyl (C=O) groups is 1. The molecule has 2 aromatic rings. The molecule has 0 aliphatic carbocycles. The van der Waals surface area contributed by atoms with Gasteiger partial charge in [0.25, 0.3) is 0 Å². The first kappa shape index (κ1) is 23.9. The summed E-state index contributed by atoms with van der Waals surface area (Å²) in [5, 5.41) is 0.526. The fourth-order valence-electron chi connectivity index (χ4n) is 2.72. The van der Waals surface area contributed by atoms with Crippen LogP contribution in [0.4, 0.5) is 0 Å². The lowest BCUT2D eigenvalue weighted by Gasteiger charge is -2.18. The first-order chi connectivity index (χ1) is 14.3. The summed E-state index contributed by atoms with van der Waals surface area (Å²) in [4.78, 5) is 14.0. The van der Waals surface area contributed by atoms with Gasteiger partial charge in [-0.15, -0.1) is 0 Å². The van der Waals surface area contributed by atoms with Crippen molar-refractivity contribution in [1.29, 1.82) is 0 Å². The fourth-order valence-corrected chi connectivity index (χ4v) is 4.37. The summed E-state index contributed by atoms with van der Waals surface area (Å²) in [6.45, 7) is 5.16. The Bertz CT molecular complexity index is 971. The molecule has 162 valence electrons. The average molecular weight is 451 g/mol. The van der Waals surface area contributed by atoms with Crippen molar-refractivity contribution in [3.63, 3.8) is 0 Å². The molecule has 0 N–H and O–H groups in total. The van der Waals surface area contributed by atoms with Crippen molar-refractivity contribution in [3.05, 3.63) is 65.2 Å². The highest BCUT2D eigenvalue weighted by atomic mass is 35.5. The first-order valence-corrected chi connectivity index (χ1v) is 11.5. The van der Waals surface area contributed by atoms with E-state index in [2.05, 4.69) is 0 Å². The second-order valence-corrected chi connectivity index (χ2v) is 8.88. The maximum Gasteiger partial charge on any atom is 0.246 e. The van der Waals surface area contributed by atoms with E-state index in [1.54, 1.807) is 63.4 Å². The van der Waals surface area contributed by atoms with Gasteiger partial charge in [-0.2, -0.15) is 4.31 Å². The van der Waals surface area contributed by atoms with E-state index in [9.17, 15) is 13.2 Å². The lowest BCUT2D eigenvalue weighted by molar-refractivity contribution is -0.125. The SMILES string of the molecule is CCN(CC)S(=O)(=O)c1ccc(/C=C/C(=O)N(C)CCOc2ccccc2Cl)cc1. The van der Waals surface area contributed by atoms with Crippen LogP contribution in [-0.4, -0.2) is 56.8 Å². The summed E-state index contributed by atoms with van der Waals surface area (Å²) >= 11 is 6.04. The number of likely N-dealkylation sites (N-methyl/N-ethyl adjacent to an activating group) is 1. The lowest BCUT2D eigenvalue weighted by atomic mass is 10.2. The van der Waals surface area contributed by atoms with Gasteiger partial charge < -0.3 is 9.64 Å². The Labute approximate surface area is 183 Å². The standard InChI is InChI=1S/C22H27ClN2O4S/c1-4-25(5-2)30(27,28)19-13-10-18(11-14-19)12-15-22(26)24(3)16-17-29-21-9-7-6-8-20(21)23/h6-15H,4-5,16-17H2,1-3H3/b15-12+. The van der Waals surface area contributed by atoms with Gasteiger partial charge in [-0.1, -0.05) is 49.7 Å². The first-order valence-electron chi connectivity index (χ1n) is 9.70. The van der Waals surface area contributed by atoms with E-state index in [-0.39, 0.29) is 10.8 Å². The molecule has 0 saturated heterocycles. The summed E-state index contributed by atoms with van der Waals surface area (Å²) in [5.74, 6) is 0.396. The number of sulfonamides is 1. The van der Waals surface area contributed by atoms with Crippen molar-refractivity contribution < 1.29 is 17.9 Å². The normalized spacial score (nSPS) is 11.8. The maximum absolute atomic E-state index is 12.5. The quantitative estimate of drug-likeness (QED) is 0.514. The van der Waals surface area contributed by atoms with Gasteiger partial charge >= 0.3 is 0 Å². The lowest BCUT2D eigenvalue weighted by Crippen LogP contribution is -2.30. The van der Waals surface area contributed by atoms with Crippen molar-refractivity contribution >= 4 is 33.6 Å². The van der Waals surface area contributed by atoms with Crippen LogP contribution < -0.4 is 4.74 Å². The molecule has 0 bridgehead atoms. The highest BCUT2D eigenvalue weighted by Gasteiger charge is 2.20. The van der Waals surface area contributed by atoms with Crippen molar-refractivity contribution in [3.8, 4) is 5.75 Å². The van der Waals surface area contributed by atoms with Gasteiger partial charge in [0.2, 0.25) is 15.9 Å². The third kappa shape index (κ3) is 6.32. The van der Waals surface area contributed by atoms with Crippen molar-refractivity contribution in [2.24, 2.45) is 0 Å². The van der Waals surface area contributed by atoms with Gasteiger partial charge in [0.15, 0.2) is 0 Å². The minimum atomic E-state index is -3.49. The number of hydrogen-bond acceptors (Lipinski definition) is 4. The zero-order chi connectivity index (χ0) is 22.1. The second kappa shape index (κ2) is 11.2. The summed E-state index contributed by atoms with van der Waals surface area (Å²) in [6.07, 6.45) is 3.10. The third-order valence-electron chi connectivity index (χ3n) is 4.54. The predicted molar refractivity (Wildman–Crippen MR) is 120 cm³/mol. The Morgan fingerprint density at radius 1 is 1.07 bits per heavy atom. The van der Waals surface area contributed by atoms with Crippen LogP contribution in [0.15, 0.2) is 59.5 Å². The number of para-hydroxylation sites is 1. The Morgan fingerprint density at radius 2 is 1.70 bits per heavy atom. The smallest absolute Gasteiger partial charge is 0.246 e. The molecule has 2 rings (SSSR count). The molecule has 1 amide bonds. The van der Waals surface area contributed by atoms with Crippen LogP contribution in [-0.2, 0) is 14.8 Å². The molecule has 0 heterocycles. The van der Waals surface area contributed by atoms with Gasteiger partial charge in [0.05, 0.1) is 16.5 Å². The molecule has 0 aliphatic heterocycles. The monoisotopic (exact) mass is 450 g/mol. The highest BCUT2D eigenvalue weighted by molar-refractivity contribution is 7.89. The van der Waals surface area contributed by atoms with Crippen LogP contribution in [0.2, 0.25) is 5.02 Å². The van der Waals surface area contributed by atoms with E-state index in [4.69, 9.17) is 16.3 Å². The average Bonchev–Trinajstić information content (AvgIpc) is 2.74. The van der Waals surface area contributed by atoms with Gasteiger partial charge in [0, 0.05) is 26.2 Å². The number of benzene rings is 2. The largest absolute Gasteiger partial charge is 0.490 e. The number of ether oxygens (including phenoxy) is 1.